The van der Waals surface area contributed by atoms with Crippen molar-refractivity contribution in [1.29, 1.82) is 0 Å². The van der Waals surface area contributed by atoms with Crippen LogP contribution in [0.4, 0.5) is 0 Å². The zero-order valence-electron chi connectivity index (χ0n) is 15.6. The van der Waals surface area contributed by atoms with Crippen molar-refractivity contribution in [3.63, 3.8) is 0 Å². The molecule has 0 fully saturated rings. The van der Waals surface area contributed by atoms with E-state index in [0.29, 0.717) is 24.8 Å². The number of aryl methyl sites for hydroxylation is 1. The molecule has 0 radical (unpaired) electrons. The third-order valence-electron chi connectivity index (χ3n) is 4.32. The lowest BCUT2D eigenvalue weighted by molar-refractivity contribution is -0.143. The van der Waals surface area contributed by atoms with Crippen molar-refractivity contribution in [2.45, 2.75) is 65.2 Å². The van der Waals surface area contributed by atoms with Gasteiger partial charge in [-0.15, -0.1) is 0 Å². The number of oxazole rings is 1. The summed E-state index contributed by atoms with van der Waals surface area (Å²) in [7, 11) is 0. The summed E-state index contributed by atoms with van der Waals surface area (Å²) in [5.74, 6) is 0.933. The van der Waals surface area contributed by atoms with Crippen LogP contribution in [0.25, 0.3) is 11.5 Å². The van der Waals surface area contributed by atoms with Crippen LogP contribution in [-0.4, -0.2) is 17.6 Å². The van der Waals surface area contributed by atoms with Gasteiger partial charge in [0.2, 0.25) is 5.89 Å². The Morgan fingerprint density at radius 2 is 2.12 bits per heavy atom. The van der Waals surface area contributed by atoms with Gasteiger partial charge >= 0.3 is 5.97 Å². The molecule has 4 nitrogen and oxygen atoms in total. The van der Waals surface area contributed by atoms with Crippen LogP contribution in [0.1, 0.15) is 69.5 Å². The zero-order valence-corrected chi connectivity index (χ0v) is 15.6. The molecule has 136 valence electrons. The smallest absolute Gasteiger partial charge is 0.305 e. The first-order valence-electron chi connectivity index (χ1n) is 9.28. The van der Waals surface area contributed by atoms with E-state index in [2.05, 4.69) is 37.9 Å². The highest BCUT2D eigenvalue weighted by molar-refractivity contribution is 5.69. The summed E-state index contributed by atoms with van der Waals surface area (Å²) in [6, 6.07) is 8.16. The van der Waals surface area contributed by atoms with E-state index in [1.807, 2.05) is 12.1 Å². The monoisotopic (exact) mass is 343 g/mol. The van der Waals surface area contributed by atoms with Crippen LogP contribution in [0.15, 0.2) is 34.9 Å². The number of aromatic nitrogens is 1. The molecular formula is C21H29NO3. The number of benzene rings is 1. The molecule has 0 saturated heterocycles. The molecule has 0 aliphatic rings. The molecule has 0 N–H and O–H groups in total. The molecule has 25 heavy (non-hydrogen) atoms. The average Bonchev–Trinajstić information content (AvgIpc) is 3.09. The molecule has 0 amide bonds. The van der Waals surface area contributed by atoms with Gasteiger partial charge in [0.1, 0.15) is 6.26 Å². The van der Waals surface area contributed by atoms with Crippen molar-refractivity contribution >= 4 is 5.97 Å². The van der Waals surface area contributed by atoms with Crippen molar-refractivity contribution in [3.8, 4) is 11.5 Å². The van der Waals surface area contributed by atoms with Crippen LogP contribution < -0.4 is 0 Å². The van der Waals surface area contributed by atoms with Crippen molar-refractivity contribution in [2.24, 2.45) is 0 Å². The number of esters is 1. The Bertz CT molecular complexity index is 663. The van der Waals surface area contributed by atoms with Crippen molar-refractivity contribution in [3.05, 3.63) is 41.8 Å². The fourth-order valence-corrected chi connectivity index (χ4v) is 2.70. The minimum Gasteiger partial charge on any atom is -0.466 e. The van der Waals surface area contributed by atoms with Gasteiger partial charge in [0, 0.05) is 17.9 Å². The molecule has 1 unspecified atom stereocenters. The van der Waals surface area contributed by atoms with Crippen LogP contribution >= 0.6 is 0 Å². The molecule has 0 saturated carbocycles. The quantitative estimate of drug-likeness (QED) is 0.413. The average molecular weight is 343 g/mol. The van der Waals surface area contributed by atoms with E-state index in [4.69, 9.17) is 9.15 Å². The highest BCUT2D eigenvalue weighted by Gasteiger charge is 2.13. The molecule has 2 aromatic rings. The van der Waals surface area contributed by atoms with E-state index in [9.17, 15) is 4.79 Å². The summed E-state index contributed by atoms with van der Waals surface area (Å²) in [6.45, 7) is 6.81. The first-order valence-corrected chi connectivity index (χ1v) is 9.28. The summed E-state index contributed by atoms with van der Waals surface area (Å²) in [6.07, 6.45) is 7.13. The van der Waals surface area contributed by atoms with Gasteiger partial charge in [-0.25, -0.2) is 4.98 Å². The molecule has 0 spiro atoms. The molecule has 1 heterocycles. The van der Waals surface area contributed by atoms with Gasteiger partial charge in [-0.05, 0) is 44.7 Å². The summed E-state index contributed by atoms with van der Waals surface area (Å²) in [5.41, 5.74) is 3.19. The number of hydrogen-bond acceptors (Lipinski definition) is 4. The number of carbonyl (C=O) groups excluding carboxylic acids is 1. The second-order valence-corrected chi connectivity index (χ2v) is 6.67. The first kappa shape index (κ1) is 19.2. The first-order chi connectivity index (χ1) is 12.1. The highest BCUT2D eigenvalue weighted by Crippen LogP contribution is 2.25. The number of rotatable bonds is 10. The highest BCUT2D eigenvalue weighted by atomic mass is 16.5. The van der Waals surface area contributed by atoms with Crippen LogP contribution in [0.5, 0.6) is 0 Å². The standard InChI is InChI=1S/C21H29NO3/c1-4-5-12-20(23)24-13-7-6-10-17(3)19-15-25-21(22-19)18-11-8-9-16(2)14-18/h8-9,11,14-15,17H,4-7,10,12-13H2,1-3H3. The normalized spacial score (nSPS) is 12.1. The lowest BCUT2D eigenvalue weighted by atomic mass is 10.0. The van der Waals surface area contributed by atoms with Gasteiger partial charge in [-0.2, -0.15) is 0 Å². The topological polar surface area (TPSA) is 52.3 Å². The maximum absolute atomic E-state index is 11.4. The van der Waals surface area contributed by atoms with Gasteiger partial charge in [0.25, 0.3) is 0 Å². The number of ether oxygens (including phenoxy) is 1. The fraction of sp³-hybridized carbons (Fsp3) is 0.524. The van der Waals surface area contributed by atoms with Gasteiger partial charge in [-0.3, -0.25) is 4.79 Å². The number of nitrogens with zero attached hydrogens (tertiary/aromatic N) is 1. The van der Waals surface area contributed by atoms with Crippen molar-refractivity contribution in [1.82, 2.24) is 4.98 Å². The molecule has 1 atom stereocenters. The summed E-state index contributed by atoms with van der Waals surface area (Å²) < 4.78 is 10.9. The summed E-state index contributed by atoms with van der Waals surface area (Å²) >= 11 is 0. The number of carbonyl (C=O) groups is 1. The van der Waals surface area contributed by atoms with Crippen molar-refractivity contribution in [2.75, 3.05) is 6.61 Å². The molecule has 1 aromatic heterocycles. The van der Waals surface area contributed by atoms with E-state index < -0.39 is 0 Å². The lowest BCUT2D eigenvalue weighted by Gasteiger charge is -2.08. The second-order valence-electron chi connectivity index (χ2n) is 6.67. The Kier molecular flexibility index (Phi) is 7.71. The number of unbranched alkanes of at least 4 members (excludes halogenated alkanes) is 2. The Balaban J connectivity index is 1.73. The molecule has 0 aliphatic carbocycles. The van der Waals surface area contributed by atoms with E-state index in [0.717, 1.165) is 43.4 Å². The van der Waals surface area contributed by atoms with Gasteiger partial charge in [0.05, 0.1) is 12.3 Å². The van der Waals surface area contributed by atoms with Crippen LogP contribution in [0.3, 0.4) is 0 Å². The molecule has 2 rings (SSSR count). The van der Waals surface area contributed by atoms with E-state index >= 15 is 0 Å². The number of hydrogen-bond donors (Lipinski definition) is 0. The minimum atomic E-state index is -0.0748. The van der Waals surface area contributed by atoms with Crippen LogP contribution in [0, 0.1) is 6.92 Å². The predicted molar refractivity (Wildman–Crippen MR) is 99.4 cm³/mol. The van der Waals surface area contributed by atoms with Gasteiger partial charge in [-0.1, -0.05) is 38.0 Å². The Morgan fingerprint density at radius 1 is 1.28 bits per heavy atom. The zero-order chi connectivity index (χ0) is 18.1. The van der Waals surface area contributed by atoms with Gasteiger partial charge in [0.15, 0.2) is 0 Å². The maximum atomic E-state index is 11.4. The molecular weight excluding hydrogens is 314 g/mol. The largest absolute Gasteiger partial charge is 0.466 e. The van der Waals surface area contributed by atoms with E-state index in [1.165, 1.54) is 5.56 Å². The minimum absolute atomic E-state index is 0.0748. The third kappa shape index (κ3) is 6.37. The molecule has 0 aliphatic heterocycles. The Hall–Kier alpha value is -2.10. The molecule has 0 bridgehead atoms. The fourth-order valence-electron chi connectivity index (χ4n) is 2.70. The predicted octanol–water partition coefficient (Wildman–Crippen LogP) is 5.66. The summed E-state index contributed by atoms with van der Waals surface area (Å²) in [5, 5.41) is 0. The van der Waals surface area contributed by atoms with Crippen molar-refractivity contribution < 1.29 is 13.9 Å². The van der Waals surface area contributed by atoms with E-state index in [-0.39, 0.29) is 5.97 Å². The Labute approximate surface area is 150 Å². The summed E-state index contributed by atoms with van der Waals surface area (Å²) in [4.78, 5) is 16.1. The molecule has 1 aromatic carbocycles. The molecule has 4 heteroatoms. The van der Waals surface area contributed by atoms with Crippen LogP contribution in [-0.2, 0) is 9.53 Å². The third-order valence-corrected chi connectivity index (χ3v) is 4.32. The van der Waals surface area contributed by atoms with E-state index in [1.54, 1.807) is 6.26 Å². The SMILES string of the molecule is CCCCC(=O)OCCCCC(C)c1coc(-c2cccc(C)c2)n1. The van der Waals surface area contributed by atoms with Gasteiger partial charge < -0.3 is 9.15 Å². The second kappa shape index (κ2) is 10.0. The maximum Gasteiger partial charge on any atom is 0.305 e. The Morgan fingerprint density at radius 3 is 2.88 bits per heavy atom. The van der Waals surface area contributed by atoms with Crippen LogP contribution in [0.2, 0.25) is 0 Å². The lowest BCUT2D eigenvalue weighted by Crippen LogP contribution is -2.05.